The van der Waals surface area contributed by atoms with Crippen LogP contribution < -0.4 is 10.5 Å². The number of aromatic nitrogens is 2. The fraction of sp³-hybridized carbons (Fsp3) is 0.357. The number of hydrogen-bond acceptors (Lipinski definition) is 3. The number of aromatic amines is 1. The molecule has 0 aliphatic carbocycles. The largest absolute Gasteiger partial charge is 0.485 e. The third-order valence-corrected chi connectivity index (χ3v) is 3.01. The summed E-state index contributed by atoms with van der Waals surface area (Å²) < 4.78 is 5.77. The second-order valence-corrected chi connectivity index (χ2v) is 4.38. The van der Waals surface area contributed by atoms with Crippen LogP contribution in [0.2, 0.25) is 0 Å². The van der Waals surface area contributed by atoms with Gasteiger partial charge >= 0.3 is 0 Å². The van der Waals surface area contributed by atoms with E-state index in [9.17, 15) is 0 Å². The molecule has 0 fully saturated rings. The fourth-order valence-corrected chi connectivity index (χ4v) is 1.79. The van der Waals surface area contributed by atoms with E-state index in [4.69, 9.17) is 10.5 Å². The molecule has 4 nitrogen and oxygen atoms in total. The van der Waals surface area contributed by atoms with E-state index in [0.29, 0.717) is 13.2 Å². The Morgan fingerprint density at radius 1 is 1.33 bits per heavy atom. The van der Waals surface area contributed by atoms with Crippen LogP contribution in [-0.4, -0.2) is 16.5 Å². The Morgan fingerprint density at radius 2 is 2.17 bits per heavy atom. The number of H-pyrrole nitrogens is 1. The third kappa shape index (κ3) is 2.90. The molecule has 18 heavy (non-hydrogen) atoms. The Balaban J connectivity index is 2.00. The van der Waals surface area contributed by atoms with Gasteiger partial charge in [-0.1, -0.05) is 12.1 Å². The standard InChI is InChI=1S/C14H19N3O/c1-10-4-3-5-13(11(10)2)18-9-14-16-8-12(17-14)6-7-15/h3-5,8H,6-7,9,15H2,1-2H3,(H,16,17). The van der Waals surface area contributed by atoms with Crippen molar-refractivity contribution in [2.75, 3.05) is 6.54 Å². The zero-order valence-corrected chi connectivity index (χ0v) is 10.9. The van der Waals surface area contributed by atoms with Crippen molar-refractivity contribution < 1.29 is 4.74 Å². The first-order valence-corrected chi connectivity index (χ1v) is 6.12. The molecule has 3 N–H and O–H groups in total. The van der Waals surface area contributed by atoms with Crippen LogP contribution in [0.15, 0.2) is 24.4 Å². The lowest BCUT2D eigenvalue weighted by Crippen LogP contribution is -2.03. The minimum Gasteiger partial charge on any atom is -0.485 e. The molecule has 0 atom stereocenters. The average Bonchev–Trinajstić information content (AvgIpc) is 2.79. The van der Waals surface area contributed by atoms with Crippen molar-refractivity contribution in [3.63, 3.8) is 0 Å². The van der Waals surface area contributed by atoms with Gasteiger partial charge in [0.15, 0.2) is 0 Å². The van der Waals surface area contributed by atoms with Crippen LogP contribution in [0.5, 0.6) is 5.75 Å². The highest BCUT2D eigenvalue weighted by Gasteiger charge is 2.04. The van der Waals surface area contributed by atoms with E-state index in [0.717, 1.165) is 23.7 Å². The van der Waals surface area contributed by atoms with Gasteiger partial charge in [0, 0.05) is 18.3 Å². The summed E-state index contributed by atoms with van der Waals surface area (Å²) in [4.78, 5) is 7.47. The number of nitrogens with one attached hydrogen (secondary N) is 1. The van der Waals surface area contributed by atoms with Crippen LogP contribution in [0.1, 0.15) is 22.6 Å². The van der Waals surface area contributed by atoms with E-state index in [2.05, 4.69) is 29.9 Å². The monoisotopic (exact) mass is 245 g/mol. The number of nitrogens with two attached hydrogens (primary N) is 1. The predicted molar refractivity (Wildman–Crippen MR) is 71.6 cm³/mol. The summed E-state index contributed by atoms with van der Waals surface area (Å²) in [7, 11) is 0. The molecular formula is C14H19N3O. The van der Waals surface area contributed by atoms with E-state index >= 15 is 0 Å². The smallest absolute Gasteiger partial charge is 0.146 e. The van der Waals surface area contributed by atoms with Gasteiger partial charge in [-0.15, -0.1) is 0 Å². The molecule has 0 saturated heterocycles. The summed E-state index contributed by atoms with van der Waals surface area (Å²) in [6, 6.07) is 6.06. The van der Waals surface area contributed by atoms with Crippen LogP contribution in [0, 0.1) is 13.8 Å². The molecule has 0 amide bonds. The summed E-state index contributed by atoms with van der Waals surface area (Å²) in [6.45, 7) is 5.22. The number of imidazole rings is 1. The lowest BCUT2D eigenvalue weighted by Gasteiger charge is -2.09. The Morgan fingerprint density at radius 3 is 2.94 bits per heavy atom. The lowest BCUT2D eigenvalue weighted by molar-refractivity contribution is 0.294. The molecule has 0 unspecified atom stereocenters. The second kappa shape index (κ2) is 5.69. The number of hydrogen-bond donors (Lipinski definition) is 2. The first-order chi connectivity index (χ1) is 8.70. The summed E-state index contributed by atoms with van der Waals surface area (Å²) in [6.07, 6.45) is 2.63. The van der Waals surface area contributed by atoms with Crippen molar-refractivity contribution in [2.24, 2.45) is 5.73 Å². The zero-order valence-electron chi connectivity index (χ0n) is 10.9. The molecule has 0 saturated carbocycles. The molecule has 1 heterocycles. The van der Waals surface area contributed by atoms with Crippen LogP contribution in [0.4, 0.5) is 0 Å². The molecule has 0 aliphatic rings. The van der Waals surface area contributed by atoms with Crippen molar-refractivity contribution in [3.8, 4) is 5.75 Å². The Bertz CT molecular complexity index is 520. The molecule has 0 spiro atoms. The Kier molecular flexibility index (Phi) is 3.99. The molecule has 1 aromatic carbocycles. The Labute approximate surface area is 107 Å². The molecule has 1 aromatic heterocycles. The van der Waals surface area contributed by atoms with Gasteiger partial charge in [0.25, 0.3) is 0 Å². The first-order valence-electron chi connectivity index (χ1n) is 6.12. The highest BCUT2D eigenvalue weighted by atomic mass is 16.5. The van der Waals surface area contributed by atoms with Crippen molar-refractivity contribution in [1.82, 2.24) is 9.97 Å². The summed E-state index contributed by atoms with van der Waals surface area (Å²) in [5.74, 6) is 1.74. The second-order valence-electron chi connectivity index (χ2n) is 4.38. The molecule has 0 radical (unpaired) electrons. The third-order valence-electron chi connectivity index (χ3n) is 3.01. The quantitative estimate of drug-likeness (QED) is 0.848. The van der Waals surface area contributed by atoms with Gasteiger partial charge in [-0.2, -0.15) is 0 Å². The highest BCUT2D eigenvalue weighted by molar-refractivity contribution is 5.38. The Hall–Kier alpha value is -1.81. The van der Waals surface area contributed by atoms with Gasteiger partial charge in [-0.3, -0.25) is 0 Å². The maximum atomic E-state index is 5.77. The molecule has 2 aromatic rings. The first kappa shape index (κ1) is 12.6. The normalized spacial score (nSPS) is 10.6. The van der Waals surface area contributed by atoms with Gasteiger partial charge in [0.2, 0.25) is 0 Å². The van der Waals surface area contributed by atoms with Crippen molar-refractivity contribution in [3.05, 3.63) is 47.0 Å². The number of rotatable bonds is 5. The van der Waals surface area contributed by atoms with Crippen molar-refractivity contribution in [1.29, 1.82) is 0 Å². The van der Waals surface area contributed by atoms with Crippen LogP contribution in [0.25, 0.3) is 0 Å². The maximum absolute atomic E-state index is 5.77. The molecule has 96 valence electrons. The van der Waals surface area contributed by atoms with E-state index in [1.807, 2.05) is 18.3 Å². The number of nitrogens with zero attached hydrogens (tertiary/aromatic N) is 1. The highest BCUT2D eigenvalue weighted by Crippen LogP contribution is 2.21. The van der Waals surface area contributed by atoms with Crippen LogP contribution in [-0.2, 0) is 13.0 Å². The minimum absolute atomic E-state index is 0.453. The van der Waals surface area contributed by atoms with Gasteiger partial charge < -0.3 is 15.5 Å². The topological polar surface area (TPSA) is 63.9 Å². The molecule has 2 rings (SSSR count). The molecule has 0 aliphatic heterocycles. The van der Waals surface area contributed by atoms with Crippen LogP contribution in [0.3, 0.4) is 0 Å². The molecule has 4 heteroatoms. The number of ether oxygens (including phenoxy) is 1. The molecule has 0 bridgehead atoms. The van der Waals surface area contributed by atoms with Gasteiger partial charge in [-0.25, -0.2) is 4.98 Å². The van der Waals surface area contributed by atoms with Gasteiger partial charge in [0.1, 0.15) is 18.2 Å². The van der Waals surface area contributed by atoms with E-state index in [1.54, 1.807) is 0 Å². The SMILES string of the molecule is Cc1cccc(OCc2ncc(CCN)[nH]2)c1C. The van der Waals surface area contributed by atoms with Gasteiger partial charge in [0.05, 0.1) is 0 Å². The predicted octanol–water partition coefficient (Wildman–Crippen LogP) is 2.11. The molecular weight excluding hydrogens is 226 g/mol. The van der Waals surface area contributed by atoms with Crippen LogP contribution >= 0.6 is 0 Å². The average molecular weight is 245 g/mol. The van der Waals surface area contributed by atoms with Crippen molar-refractivity contribution in [2.45, 2.75) is 26.9 Å². The summed E-state index contributed by atoms with van der Waals surface area (Å²) >= 11 is 0. The summed E-state index contributed by atoms with van der Waals surface area (Å²) in [5, 5.41) is 0. The van der Waals surface area contributed by atoms with E-state index in [-0.39, 0.29) is 0 Å². The zero-order chi connectivity index (χ0) is 13.0. The fourth-order valence-electron chi connectivity index (χ4n) is 1.79. The van der Waals surface area contributed by atoms with E-state index < -0.39 is 0 Å². The summed E-state index contributed by atoms with van der Waals surface area (Å²) in [5.41, 5.74) is 8.95. The van der Waals surface area contributed by atoms with Gasteiger partial charge in [-0.05, 0) is 37.6 Å². The maximum Gasteiger partial charge on any atom is 0.146 e. The van der Waals surface area contributed by atoms with E-state index in [1.165, 1.54) is 11.1 Å². The lowest BCUT2D eigenvalue weighted by atomic mass is 10.1. The van der Waals surface area contributed by atoms with Crippen molar-refractivity contribution >= 4 is 0 Å². The minimum atomic E-state index is 0.453. The number of aryl methyl sites for hydroxylation is 1. The number of benzene rings is 1.